The summed E-state index contributed by atoms with van der Waals surface area (Å²) in [5, 5.41) is 19.0. The number of rotatable bonds is 2. The van der Waals surface area contributed by atoms with Crippen LogP contribution in [0.1, 0.15) is 12.6 Å². The lowest BCUT2D eigenvalue weighted by atomic mass is 10.2. The van der Waals surface area contributed by atoms with E-state index in [-0.39, 0.29) is 11.9 Å². The van der Waals surface area contributed by atoms with E-state index in [1.807, 2.05) is 0 Å². The molecule has 1 fully saturated rings. The Morgan fingerprint density at radius 1 is 1.58 bits per heavy atom. The second-order valence-corrected chi connectivity index (χ2v) is 5.04. The van der Waals surface area contributed by atoms with Crippen LogP contribution in [0.4, 0.5) is 0 Å². The highest BCUT2D eigenvalue weighted by Gasteiger charge is 2.35. The molecule has 3 aliphatic heterocycles. The fourth-order valence-corrected chi connectivity index (χ4v) is 2.55. The summed E-state index contributed by atoms with van der Waals surface area (Å²) in [4.78, 5) is 11.0. The average Bonchev–Trinajstić information content (AvgIpc) is 2.89. The largest absolute Gasteiger partial charge is 0.394 e. The Hall–Kier alpha value is -1.06. The molecule has 3 rings (SSSR count). The van der Waals surface area contributed by atoms with Crippen molar-refractivity contribution < 1.29 is 14.9 Å². The number of nitrogens with one attached hydrogen (secondary N) is 1. The maximum atomic E-state index is 9.73. The van der Waals surface area contributed by atoms with Gasteiger partial charge in [0.15, 0.2) is 10.6 Å². The van der Waals surface area contributed by atoms with E-state index in [1.165, 1.54) is 0 Å². The Morgan fingerprint density at radius 2 is 2.37 bits per heavy atom. The van der Waals surface area contributed by atoms with Crippen LogP contribution in [0.3, 0.4) is 0 Å². The van der Waals surface area contributed by atoms with Crippen LogP contribution in [-0.4, -0.2) is 48.5 Å². The minimum absolute atomic E-state index is 0.185. The molecular formula is C10H11ClN4O3S. The quantitative estimate of drug-likeness (QED) is 0.559. The number of ether oxygens (including phenoxy) is 1. The molecule has 3 atom stereocenters. The van der Waals surface area contributed by atoms with Crippen LogP contribution in [0.25, 0.3) is 11.5 Å². The van der Waals surface area contributed by atoms with Crippen LogP contribution in [0.15, 0.2) is 6.20 Å². The van der Waals surface area contributed by atoms with Gasteiger partial charge in [0.2, 0.25) is 5.28 Å². The molecule has 1 unspecified atom stereocenters. The fraction of sp³-hybridized carbons (Fsp3) is 0.500. The van der Waals surface area contributed by atoms with Crippen LogP contribution in [0.5, 0.6) is 0 Å². The summed E-state index contributed by atoms with van der Waals surface area (Å²) in [5.74, 6) is 0.434. The molecule has 19 heavy (non-hydrogen) atoms. The molecule has 0 aliphatic carbocycles. The first-order valence-electron chi connectivity index (χ1n) is 5.67. The Bertz CT molecular complexity index is 630. The van der Waals surface area contributed by atoms with E-state index < -0.39 is 18.4 Å². The third kappa shape index (κ3) is 2.26. The van der Waals surface area contributed by atoms with Crippen LogP contribution in [0.2, 0.25) is 5.28 Å². The second kappa shape index (κ2) is 4.80. The number of halogens is 1. The third-order valence-corrected chi connectivity index (χ3v) is 3.54. The summed E-state index contributed by atoms with van der Waals surface area (Å²) in [5.41, 5.74) is 0.639. The summed E-state index contributed by atoms with van der Waals surface area (Å²) < 4.78 is 7.43. The van der Waals surface area contributed by atoms with Gasteiger partial charge in [-0.15, -0.1) is 0 Å². The first-order chi connectivity index (χ1) is 9.08. The van der Waals surface area contributed by atoms with Crippen LogP contribution in [-0.2, 0) is 4.74 Å². The van der Waals surface area contributed by atoms with Crippen molar-refractivity contribution in [2.45, 2.75) is 24.9 Å². The van der Waals surface area contributed by atoms with Crippen molar-refractivity contribution in [3.8, 4) is 11.5 Å². The van der Waals surface area contributed by atoms with Gasteiger partial charge in [0.25, 0.3) is 0 Å². The Labute approximate surface area is 118 Å². The first kappa shape index (κ1) is 12.9. The number of hydrogen-bond donors (Lipinski definition) is 3. The number of nitrogens with zero attached hydrogens (tertiary/aromatic N) is 3. The van der Waals surface area contributed by atoms with Gasteiger partial charge in [0.1, 0.15) is 18.0 Å². The highest BCUT2D eigenvalue weighted by Crippen LogP contribution is 2.32. The number of hydrogen-bond acceptors (Lipinski definition) is 6. The van der Waals surface area contributed by atoms with E-state index in [0.29, 0.717) is 22.7 Å². The lowest BCUT2D eigenvalue weighted by Crippen LogP contribution is -2.24. The van der Waals surface area contributed by atoms with Gasteiger partial charge in [0, 0.05) is 12.6 Å². The average molecular weight is 303 g/mol. The smallest absolute Gasteiger partial charge is 0.206 e. The van der Waals surface area contributed by atoms with Crippen molar-refractivity contribution in [3.63, 3.8) is 0 Å². The van der Waals surface area contributed by atoms with Crippen molar-refractivity contribution in [1.82, 2.24) is 19.5 Å². The van der Waals surface area contributed by atoms with Crippen molar-refractivity contribution in [1.29, 1.82) is 0 Å². The number of aliphatic hydroxyl groups excluding tert-OH is 2. The van der Waals surface area contributed by atoms with Gasteiger partial charge in [-0.3, -0.25) is 4.57 Å². The number of aromatic amines is 1. The van der Waals surface area contributed by atoms with E-state index in [2.05, 4.69) is 15.0 Å². The molecule has 0 aromatic heterocycles. The molecule has 3 heterocycles. The zero-order valence-corrected chi connectivity index (χ0v) is 11.2. The predicted molar refractivity (Wildman–Crippen MR) is 68.5 cm³/mol. The number of imidazole rings is 1. The molecule has 3 aliphatic rings. The fourth-order valence-electron chi connectivity index (χ4n) is 2.12. The van der Waals surface area contributed by atoms with E-state index in [4.69, 9.17) is 33.7 Å². The maximum absolute atomic E-state index is 9.73. The molecule has 0 radical (unpaired) electrons. The van der Waals surface area contributed by atoms with Gasteiger partial charge in [0.05, 0.1) is 12.7 Å². The predicted octanol–water partition coefficient (Wildman–Crippen LogP) is 0.735. The Balaban J connectivity index is 1.99. The summed E-state index contributed by atoms with van der Waals surface area (Å²) in [6, 6.07) is 0. The van der Waals surface area contributed by atoms with Crippen molar-refractivity contribution in [3.05, 3.63) is 16.3 Å². The molecule has 0 spiro atoms. The summed E-state index contributed by atoms with van der Waals surface area (Å²) >= 11 is 11.0. The van der Waals surface area contributed by atoms with Crippen molar-refractivity contribution in [2.24, 2.45) is 0 Å². The molecule has 0 aromatic rings. The van der Waals surface area contributed by atoms with Gasteiger partial charge >= 0.3 is 0 Å². The Morgan fingerprint density at radius 3 is 3.05 bits per heavy atom. The molecule has 0 saturated carbocycles. The van der Waals surface area contributed by atoms with Gasteiger partial charge in [-0.25, -0.2) is 0 Å². The zero-order chi connectivity index (χ0) is 13.6. The van der Waals surface area contributed by atoms with Crippen molar-refractivity contribution in [2.75, 3.05) is 6.61 Å². The third-order valence-electron chi connectivity index (χ3n) is 3.06. The van der Waals surface area contributed by atoms with E-state index in [0.717, 1.165) is 0 Å². The first-order valence-corrected chi connectivity index (χ1v) is 6.46. The number of aromatic nitrogens is 4. The molecule has 0 aromatic carbocycles. The van der Waals surface area contributed by atoms with Gasteiger partial charge in [-0.05, 0) is 23.8 Å². The highest BCUT2D eigenvalue weighted by molar-refractivity contribution is 7.71. The zero-order valence-electron chi connectivity index (χ0n) is 9.65. The summed E-state index contributed by atoms with van der Waals surface area (Å²) in [6.45, 7) is -0.244. The van der Waals surface area contributed by atoms with Crippen LogP contribution >= 0.6 is 23.8 Å². The summed E-state index contributed by atoms with van der Waals surface area (Å²) in [7, 11) is 0. The van der Waals surface area contributed by atoms with Gasteiger partial charge in [-0.1, -0.05) is 0 Å². The van der Waals surface area contributed by atoms with E-state index in [9.17, 15) is 5.11 Å². The molecule has 7 nitrogen and oxygen atoms in total. The molecule has 0 bridgehead atoms. The van der Waals surface area contributed by atoms with E-state index >= 15 is 0 Å². The van der Waals surface area contributed by atoms with Crippen LogP contribution in [0, 0.1) is 4.77 Å². The maximum Gasteiger partial charge on any atom is 0.206 e. The number of fused-ring (bicyclic) bond motifs is 1. The molecule has 9 heteroatoms. The minimum Gasteiger partial charge on any atom is -0.394 e. The molecule has 102 valence electrons. The Kier molecular flexibility index (Phi) is 3.27. The normalized spacial score (nSPS) is 27.2. The summed E-state index contributed by atoms with van der Waals surface area (Å²) in [6.07, 6.45) is 0.196. The lowest BCUT2D eigenvalue weighted by Gasteiger charge is -2.17. The SMILES string of the molecule is OC[C@H]1OC(n2cc3[nH]c(=S)nc-3nc2Cl)C[C@@H]1O. The van der Waals surface area contributed by atoms with Gasteiger partial charge < -0.3 is 19.9 Å². The topological polar surface area (TPSA) is 96.2 Å². The van der Waals surface area contributed by atoms with Crippen molar-refractivity contribution >= 4 is 23.8 Å². The minimum atomic E-state index is -0.731. The molecule has 0 amide bonds. The monoisotopic (exact) mass is 302 g/mol. The molecule has 1 saturated heterocycles. The van der Waals surface area contributed by atoms with Gasteiger partial charge in [-0.2, -0.15) is 9.97 Å². The van der Waals surface area contributed by atoms with Crippen LogP contribution < -0.4 is 0 Å². The second-order valence-electron chi connectivity index (χ2n) is 4.31. The van der Waals surface area contributed by atoms with E-state index in [1.54, 1.807) is 10.8 Å². The molecular weight excluding hydrogens is 292 g/mol. The number of aliphatic hydroxyl groups is 2. The lowest BCUT2D eigenvalue weighted by molar-refractivity contribution is -0.0446. The standard InChI is InChI=1S/C10H11ClN4O3S/c11-9-13-8-4(12-10(19)14-8)2-15(9)7-1-5(17)6(3-16)18-7/h2,5-7,16-17H,1,3H2,(H,12,19)/t5-,6+,7?/m0/s1. The molecule has 3 N–H and O–H groups in total. The highest BCUT2D eigenvalue weighted by atomic mass is 35.5. The number of H-pyrrole nitrogens is 1.